The monoisotopic (exact) mass is 1150 g/mol. The summed E-state index contributed by atoms with van der Waals surface area (Å²) in [5, 5.41) is 3.05. The van der Waals surface area contributed by atoms with Crippen molar-refractivity contribution in [2.24, 2.45) is 0 Å². The molecule has 0 bridgehead atoms. The molecule has 9 nitrogen and oxygen atoms in total. The summed E-state index contributed by atoms with van der Waals surface area (Å²) >= 11 is 0. The quantitative estimate of drug-likeness (QED) is 0.0205. The Morgan fingerprint density at radius 3 is 1.21 bits per heavy atom. The lowest BCUT2D eigenvalue weighted by Gasteiger charge is -2.27. The lowest BCUT2D eigenvalue weighted by Crippen LogP contribution is -2.47. The molecule has 0 fully saturated rings. The van der Waals surface area contributed by atoms with Crippen molar-refractivity contribution in [1.29, 1.82) is 0 Å². The third-order valence-corrected chi connectivity index (χ3v) is 15.2. The van der Waals surface area contributed by atoms with Gasteiger partial charge in [0.05, 0.1) is 33.8 Å². The molecule has 0 saturated carbocycles. The minimum atomic E-state index is -4.47. The summed E-state index contributed by atoms with van der Waals surface area (Å²) in [5.74, 6) is -0.539. The summed E-state index contributed by atoms with van der Waals surface area (Å²) in [7, 11) is 1.47. The molecule has 0 aromatic rings. The van der Waals surface area contributed by atoms with Crippen LogP contribution in [0.3, 0.4) is 0 Å². The molecule has 10 heteroatoms. The number of carbonyl (C=O) groups is 2. The fourth-order valence-corrected chi connectivity index (χ4v) is 9.83. The number of phosphoric acid groups is 1. The number of phosphoric ester groups is 1. The number of likely N-dealkylation sites (N-methyl/N-ethyl adjacent to an activating group) is 1. The second-order valence-electron chi connectivity index (χ2n) is 23.3. The Kier molecular flexibility index (Phi) is 57.4. The van der Waals surface area contributed by atoms with E-state index in [0.29, 0.717) is 17.4 Å². The Bertz CT molecular complexity index is 1750. The van der Waals surface area contributed by atoms with Crippen LogP contribution in [0.25, 0.3) is 0 Å². The fraction of sp³-hybridized carbons (Fsp3) is 0.718. The zero-order valence-electron chi connectivity index (χ0n) is 53.2. The van der Waals surface area contributed by atoms with Crippen LogP contribution in [0.5, 0.6) is 0 Å². The van der Waals surface area contributed by atoms with E-state index in [2.05, 4.69) is 123 Å². The van der Waals surface area contributed by atoms with Crippen LogP contribution < -0.4 is 5.32 Å². The molecular weight excluding hydrogens is 1020 g/mol. The average molecular weight is 1150 g/mol. The lowest BCUT2D eigenvalue weighted by molar-refractivity contribution is -0.870. The molecule has 0 aliphatic rings. The highest BCUT2D eigenvalue weighted by molar-refractivity contribution is 7.47. The zero-order chi connectivity index (χ0) is 59.3. The van der Waals surface area contributed by atoms with E-state index in [4.69, 9.17) is 13.8 Å². The molecule has 0 aliphatic heterocycles. The van der Waals surface area contributed by atoms with Crippen molar-refractivity contribution in [3.63, 3.8) is 0 Å². The Morgan fingerprint density at radius 1 is 0.444 bits per heavy atom. The Balaban J connectivity index is 5.22. The van der Waals surface area contributed by atoms with Crippen molar-refractivity contribution in [1.82, 2.24) is 5.32 Å². The van der Waals surface area contributed by atoms with Gasteiger partial charge in [-0.05, 0) is 115 Å². The van der Waals surface area contributed by atoms with Crippen molar-refractivity contribution in [3.8, 4) is 0 Å². The first-order valence-corrected chi connectivity index (χ1v) is 34.7. The van der Waals surface area contributed by atoms with Gasteiger partial charge in [0, 0.05) is 12.8 Å². The molecule has 3 atom stereocenters. The first kappa shape index (κ1) is 77.7. The van der Waals surface area contributed by atoms with Gasteiger partial charge in [-0.2, -0.15) is 0 Å². The van der Waals surface area contributed by atoms with Crippen molar-refractivity contribution in [2.45, 2.75) is 290 Å². The van der Waals surface area contributed by atoms with Gasteiger partial charge in [-0.3, -0.25) is 18.6 Å². The molecule has 0 rings (SSSR count). The number of esters is 1. The maximum Gasteiger partial charge on any atom is 0.472 e. The molecule has 0 aromatic carbocycles. The molecule has 1 amide bonds. The number of rotatable bonds is 59. The predicted molar refractivity (Wildman–Crippen MR) is 350 cm³/mol. The average Bonchev–Trinajstić information content (AvgIpc) is 3.44. The third kappa shape index (κ3) is 61.1. The van der Waals surface area contributed by atoms with E-state index in [1.54, 1.807) is 0 Å². The van der Waals surface area contributed by atoms with Crippen molar-refractivity contribution >= 4 is 19.7 Å². The Hall–Kier alpha value is -3.33. The van der Waals surface area contributed by atoms with Crippen molar-refractivity contribution in [3.05, 3.63) is 109 Å². The number of hydrogen-bond acceptors (Lipinski definition) is 6. The summed E-state index contributed by atoms with van der Waals surface area (Å²) in [5.41, 5.74) is 0. The van der Waals surface area contributed by atoms with Crippen LogP contribution >= 0.6 is 7.82 Å². The van der Waals surface area contributed by atoms with E-state index in [1.807, 2.05) is 33.3 Å². The molecule has 0 spiro atoms. The lowest BCUT2D eigenvalue weighted by atomic mass is 10.0. The summed E-state index contributed by atoms with van der Waals surface area (Å²) in [4.78, 5) is 37.8. The maximum atomic E-state index is 13.6. The number of unbranched alkanes of at least 4 members (excludes halogenated alkanes) is 27. The number of amides is 1. The third-order valence-electron chi connectivity index (χ3n) is 14.2. The van der Waals surface area contributed by atoms with Crippen LogP contribution in [-0.4, -0.2) is 74.3 Å². The first-order valence-electron chi connectivity index (χ1n) is 33.2. The van der Waals surface area contributed by atoms with Gasteiger partial charge < -0.3 is 19.4 Å². The highest BCUT2D eigenvalue weighted by atomic mass is 31.2. The standard InChI is InChI=1S/C71H125N2O7P/c1-7-10-13-16-19-22-25-28-30-32-33-34-35-36-37-38-39-41-43-46-49-52-55-58-61-64-71(75)80-69(62-59-56-53-50-47-44-27-24-21-18-15-12-9-3)68(67-79-81(76,77)78-66-65-73(4,5)6)72-70(74)63-60-57-54-51-48-45-42-40-31-29-26-23-20-17-14-11-8-2/h10,13,19-20,22-23,28-31,33-34,36-37,42,45,59,62,68-69H,7-9,11-12,14-18,21,24-27,32,35,38-41,43-44,46-58,60-61,63-67H2,1-6H3,(H-,72,74,76,77)/p+1/b13-10-,22-19-,23-20-,30-28-,31-29-,34-33-,37-36-,45-42-,62-59-. The summed E-state index contributed by atoms with van der Waals surface area (Å²) in [6.45, 7) is 6.85. The SMILES string of the molecule is CC/C=C\C/C=C\C/C=C\C/C=C\C/C=C\CCCCCCCCCCCC(=O)OC(/C=C\CCCCCCCCCCCCC)C(COP(=O)(O)OCC[N+](C)(C)C)NC(=O)CCCCCC/C=C\C/C=C\C/C=C\CCCCC. The molecule has 81 heavy (non-hydrogen) atoms. The van der Waals surface area contributed by atoms with Gasteiger partial charge in [0.1, 0.15) is 19.3 Å². The van der Waals surface area contributed by atoms with E-state index >= 15 is 0 Å². The second kappa shape index (κ2) is 59.8. The molecule has 466 valence electrons. The van der Waals surface area contributed by atoms with Gasteiger partial charge in [-0.25, -0.2) is 4.57 Å². The van der Waals surface area contributed by atoms with Crippen LogP contribution in [0.2, 0.25) is 0 Å². The second-order valence-corrected chi connectivity index (χ2v) is 24.7. The molecule has 2 N–H and O–H groups in total. The van der Waals surface area contributed by atoms with Crippen LogP contribution in [0.4, 0.5) is 0 Å². The topological polar surface area (TPSA) is 111 Å². The largest absolute Gasteiger partial charge is 0.472 e. The number of allylic oxidation sites excluding steroid dienone is 17. The van der Waals surface area contributed by atoms with Crippen LogP contribution in [0.15, 0.2) is 109 Å². The van der Waals surface area contributed by atoms with Gasteiger partial charge in [-0.15, -0.1) is 0 Å². The van der Waals surface area contributed by atoms with Gasteiger partial charge in [0.15, 0.2) is 0 Å². The fourth-order valence-electron chi connectivity index (χ4n) is 9.09. The van der Waals surface area contributed by atoms with E-state index in [-0.39, 0.29) is 31.5 Å². The molecule has 0 saturated heterocycles. The molecule has 0 aliphatic carbocycles. The van der Waals surface area contributed by atoms with Gasteiger partial charge >= 0.3 is 13.8 Å². The van der Waals surface area contributed by atoms with E-state index in [9.17, 15) is 19.0 Å². The first-order chi connectivity index (χ1) is 39.4. The van der Waals surface area contributed by atoms with Gasteiger partial charge in [-0.1, -0.05) is 259 Å². The predicted octanol–water partition coefficient (Wildman–Crippen LogP) is 20.9. The highest BCUT2D eigenvalue weighted by Crippen LogP contribution is 2.43. The number of hydrogen-bond donors (Lipinski definition) is 2. The number of ether oxygens (including phenoxy) is 1. The minimum absolute atomic E-state index is 0.0297. The van der Waals surface area contributed by atoms with Gasteiger partial charge in [0.25, 0.3) is 0 Å². The number of nitrogens with one attached hydrogen (secondary N) is 1. The van der Waals surface area contributed by atoms with Crippen molar-refractivity contribution in [2.75, 3.05) is 40.9 Å². The number of quaternary nitrogens is 1. The smallest absolute Gasteiger partial charge is 0.456 e. The maximum absolute atomic E-state index is 13.6. The molecule has 0 radical (unpaired) electrons. The summed E-state index contributed by atoms with van der Waals surface area (Å²) < 4.78 is 30.8. The normalized spacial score (nSPS) is 14.3. The number of nitrogens with zero attached hydrogens (tertiary/aromatic N) is 1. The minimum Gasteiger partial charge on any atom is -0.456 e. The van der Waals surface area contributed by atoms with E-state index in [0.717, 1.165) is 128 Å². The molecule has 3 unspecified atom stereocenters. The van der Waals surface area contributed by atoms with E-state index < -0.39 is 20.0 Å². The Morgan fingerprint density at radius 2 is 0.790 bits per heavy atom. The van der Waals surface area contributed by atoms with Crippen LogP contribution in [-0.2, 0) is 27.9 Å². The zero-order valence-corrected chi connectivity index (χ0v) is 54.1. The van der Waals surface area contributed by atoms with E-state index in [1.165, 1.54) is 116 Å². The van der Waals surface area contributed by atoms with Gasteiger partial charge in [0.2, 0.25) is 5.91 Å². The Labute approximate surface area is 500 Å². The van der Waals surface area contributed by atoms with Crippen LogP contribution in [0.1, 0.15) is 278 Å². The summed E-state index contributed by atoms with van der Waals surface area (Å²) in [6.07, 6.45) is 82.3. The molecular formula is C71H126N2O7P+. The molecule has 0 aromatic heterocycles. The van der Waals surface area contributed by atoms with Crippen LogP contribution in [0, 0.1) is 0 Å². The molecule has 0 heterocycles. The number of carbonyl (C=O) groups excluding carboxylic acids is 2. The highest BCUT2D eigenvalue weighted by Gasteiger charge is 2.30. The van der Waals surface area contributed by atoms with Crippen molar-refractivity contribution < 1.29 is 37.3 Å². The summed E-state index contributed by atoms with van der Waals surface area (Å²) in [6, 6.07) is -0.870.